The summed E-state index contributed by atoms with van der Waals surface area (Å²) in [4.78, 5) is 29.8. The SMILES string of the molecule is CCN(CC)C(=O)N1CCN(C(=O)c2ccc(F)cc2)CC1. The molecule has 0 atom stereocenters. The molecule has 1 aliphatic heterocycles. The van der Waals surface area contributed by atoms with Crippen molar-refractivity contribution >= 4 is 11.9 Å². The van der Waals surface area contributed by atoms with Crippen molar-refractivity contribution in [1.82, 2.24) is 14.7 Å². The van der Waals surface area contributed by atoms with Crippen LogP contribution < -0.4 is 0 Å². The second kappa shape index (κ2) is 7.24. The van der Waals surface area contributed by atoms with Gasteiger partial charge in [0.05, 0.1) is 0 Å². The lowest BCUT2D eigenvalue weighted by Crippen LogP contribution is -2.54. The molecule has 2 rings (SSSR count). The number of hydrogen-bond donors (Lipinski definition) is 0. The number of amides is 3. The molecule has 22 heavy (non-hydrogen) atoms. The Morgan fingerprint density at radius 3 is 2.00 bits per heavy atom. The van der Waals surface area contributed by atoms with Gasteiger partial charge in [-0.05, 0) is 38.1 Å². The predicted molar refractivity (Wildman–Crippen MR) is 82.2 cm³/mol. The summed E-state index contributed by atoms with van der Waals surface area (Å²) in [5.74, 6) is -0.471. The van der Waals surface area contributed by atoms with E-state index < -0.39 is 0 Å². The van der Waals surface area contributed by atoms with Gasteiger partial charge >= 0.3 is 6.03 Å². The van der Waals surface area contributed by atoms with Crippen LogP contribution >= 0.6 is 0 Å². The molecule has 0 aliphatic carbocycles. The largest absolute Gasteiger partial charge is 0.335 e. The number of nitrogens with zero attached hydrogens (tertiary/aromatic N) is 3. The molecule has 1 aromatic carbocycles. The minimum absolute atomic E-state index is 0.0267. The molecule has 1 heterocycles. The third kappa shape index (κ3) is 3.55. The average molecular weight is 307 g/mol. The fourth-order valence-electron chi connectivity index (χ4n) is 2.57. The zero-order valence-electron chi connectivity index (χ0n) is 13.1. The van der Waals surface area contributed by atoms with Gasteiger partial charge in [0.25, 0.3) is 5.91 Å². The molecule has 0 spiro atoms. The normalized spacial score (nSPS) is 14.9. The number of urea groups is 1. The van der Waals surface area contributed by atoms with Gasteiger partial charge in [-0.3, -0.25) is 4.79 Å². The van der Waals surface area contributed by atoms with Crippen molar-refractivity contribution in [2.75, 3.05) is 39.3 Å². The molecule has 0 saturated carbocycles. The van der Waals surface area contributed by atoms with Crippen LogP contribution in [-0.2, 0) is 0 Å². The fraction of sp³-hybridized carbons (Fsp3) is 0.500. The van der Waals surface area contributed by atoms with E-state index in [1.54, 1.807) is 14.7 Å². The van der Waals surface area contributed by atoms with Crippen LogP contribution in [0.3, 0.4) is 0 Å². The van der Waals surface area contributed by atoms with Crippen LogP contribution in [0.5, 0.6) is 0 Å². The van der Waals surface area contributed by atoms with Crippen molar-refractivity contribution in [2.24, 2.45) is 0 Å². The van der Waals surface area contributed by atoms with Gasteiger partial charge in [-0.2, -0.15) is 0 Å². The van der Waals surface area contributed by atoms with Crippen molar-refractivity contribution in [3.63, 3.8) is 0 Å². The van der Waals surface area contributed by atoms with Crippen molar-refractivity contribution in [3.05, 3.63) is 35.6 Å². The quantitative estimate of drug-likeness (QED) is 0.858. The van der Waals surface area contributed by atoms with E-state index in [1.807, 2.05) is 13.8 Å². The van der Waals surface area contributed by atoms with Crippen LogP contribution in [0.1, 0.15) is 24.2 Å². The molecule has 1 fully saturated rings. The number of piperazine rings is 1. The zero-order chi connectivity index (χ0) is 16.1. The first-order chi connectivity index (χ1) is 10.6. The van der Waals surface area contributed by atoms with Crippen LogP contribution in [0.25, 0.3) is 0 Å². The summed E-state index contributed by atoms with van der Waals surface area (Å²) in [5.41, 5.74) is 0.477. The molecule has 3 amide bonds. The van der Waals surface area contributed by atoms with Crippen molar-refractivity contribution in [3.8, 4) is 0 Å². The summed E-state index contributed by atoms with van der Waals surface area (Å²) >= 11 is 0. The Morgan fingerprint density at radius 1 is 1.00 bits per heavy atom. The highest BCUT2D eigenvalue weighted by Gasteiger charge is 2.26. The Bertz CT molecular complexity index is 521. The maximum absolute atomic E-state index is 12.9. The number of rotatable bonds is 3. The third-order valence-electron chi connectivity index (χ3n) is 3.96. The maximum atomic E-state index is 12.9. The summed E-state index contributed by atoms with van der Waals surface area (Å²) in [6, 6.07) is 5.58. The van der Waals surface area contributed by atoms with Crippen LogP contribution in [0.15, 0.2) is 24.3 Å². The van der Waals surface area contributed by atoms with E-state index in [4.69, 9.17) is 0 Å². The summed E-state index contributed by atoms with van der Waals surface area (Å²) in [5, 5.41) is 0. The molecule has 0 unspecified atom stereocenters. The Morgan fingerprint density at radius 2 is 1.50 bits per heavy atom. The molecule has 1 saturated heterocycles. The molecule has 1 aliphatic rings. The van der Waals surface area contributed by atoms with Gasteiger partial charge in [0.15, 0.2) is 0 Å². The lowest BCUT2D eigenvalue weighted by molar-refractivity contribution is 0.0641. The standard InChI is InChI=1S/C16H22FN3O2/c1-3-18(4-2)16(22)20-11-9-19(10-12-20)15(21)13-5-7-14(17)8-6-13/h5-8H,3-4,9-12H2,1-2H3. The van der Waals surface area contributed by atoms with Crippen molar-refractivity contribution in [1.29, 1.82) is 0 Å². The molecule has 0 radical (unpaired) electrons. The second-order valence-electron chi connectivity index (χ2n) is 5.24. The molecule has 0 aromatic heterocycles. The van der Waals surface area contributed by atoms with Crippen LogP contribution in [-0.4, -0.2) is 65.9 Å². The topological polar surface area (TPSA) is 43.9 Å². The Hall–Kier alpha value is -2.11. The van der Waals surface area contributed by atoms with E-state index in [2.05, 4.69) is 0 Å². The average Bonchev–Trinajstić information content (AvgIpc) is 2.56. The van der Waals surface area contributed by atoms with Crippen molar-refractivity contribution < 1.29 is 14.0 Å². The molecular formula is C16H22FN3O2. The van der Waals surface area contributed by atoms with Crippen LogP contribution in [0.4, 0.5) is 9.18 Å². The Balaban J connectivity index is 1.93. The van der Waals surface area contributed by atoms with E-state index in [0.717, 1.165) is 0 Å². The van der Waals surface area contributed by atoms with Crippen LogP contribution in [0, 0.1) is 5.82 Å². The highest BCUT2D eigenvalue weighted by molar-refractivity contribution is 5.94. The molecule has 0 bridgehead atoms. The number of hydrogen-bond acceptors (Lipinski definition) is 2. The number of carbonyl (C=O) groups excluding carboxylic acids is 2. The van der Waals surface area contributed by atoms with E-state index >= 15 is 0 Å². The molecule has 120 valence electrons. The fourth-order valence-corrected chi connectivity index (χ4v) is 2.57. The first kappa shape index (κ1) is 16.3. The maximum Gasteiger partial charge on any atom is 0.320 e. The van der Waals surface area contributed by atoms with E-state index in [-0.39, 0.29) is 17.8 Å². The lowest BCUT2D eigenvalue weighted by Gasteiger charge is -2.37. The highest BCUT2D eigenvalue weighted by Crippen LogP contribution is 2.11. The molecule has 0 N–H and O–H groups in total. The first-order valence-electron chi connectivity index (χ1n) is 7.65. The van der Waals surface area contributed by atoms with E-state index in [0.29, 0.717) is 44.8 Å². The van der Waals surface area contributed by atoms with Gasteiger partial charge in [-0.15, -0.1) is 0 Å². The molecule has 1 aromatic rings. The molecule has 5 nitrogen and oxygen atoms in total. The van der Waals surface area contributed by atoms with Gasteiger partial charge in [0.2, 0.25) is 0 Å². The van der Waals surface area contributed by atoms with Crippen molar-refractivity contribution in [2.45, 2.75) is 13.8 Å². The zero-order valence-corrected chi connectivity index (χ0v) is 13.1. The third-order valence-corrected chi connectivity index (χ3v) is 3.96. The van der Waals surface area contributed by atoms with Gasteiger partial charge in [0, 0.05) is 44.8 Å². The predicted octanol–water partition coefficient (Wildman–Crippen LogP) is 2.05. The van der Waals surface area contributed by atoms with E-state index in [1.165, 1.54) is 24.3 Å². The monoisotopic (exact) mass is 307 g/mol. The minimum atomic E-state index is -0.355. The molecule has 6 heteroatoms. The number of benzene rings is 1. The minimum Gasteiger partial charge on any atom is -0.335 e. The summed E-state index contributed by atoms with van der Waals surface area (Å²) in [6.45, 7) is 7.34. The van der Waals surface area contributed by atoms with Crippen LogP contribution in [0.2, 0.25) is 0 Å². The molecular weight excluding hydrogens is 285 g/mol. The highest BCUT2D eigenvalue weighted by atomic mass is 19.1. The Labute approximate surface area is 130 Å². The number of halogens is 1. The van der Waals surface area contributed by atoms with E-state index in [9.17, 15) is 14.0 Å². The van der Waals surface area contributed by atoms with Gasteiger partial charge < -0.3 is 14.7 Å². The lowest BCUT2D eigenvalue weighted by atomic mass is 10.2. The van der Waals surface area contributed by atoms with Gasteiger partial charge in [-0.25, -0.2) is 9.18 Å². The summed E-state index contributed by atoms with van der Waals surface area (Å²) in [6.07, 6.45) is 0. The Kier molecular flexibility index (Phi) is 5.35. The number of carbonyl (C=O) groups is 2. The smallest absolute Gasteiger partial charge is 0.320 e. The van der Waals surface area contributed by atoms with Gasteiger partial charge in [0.1, 0.15) is 5.82 Å². The van der Waals surface area contributed by atoms with Gasteiger partial charge in [-0.1, -0.05) is 0 Å². The first-order valence-corrected chi connectivity index (χ1v) is 7.65. The second-order valence-corrected chi connectivity index (χ2v) is 5.24. The summed E-state index contributed by atoms with van der Waals surface area (Å²) in [7, 11) is 0. The summed E-state index contributed by atoms with van der Waals surface area (Å²) < 4.78 is 12.9.